The number of amides is 1. The highest BCUT2D eigenvalue weighted by molar-refractivity contribution is 6.17. The van der Waals surface area contributed by atoms with E-state index in [-0.39, 0.29) is 29.5 Å². The van der Waals surface area contributed by atoms with Gasteiger partial charge in [-0.2, -0.15) is 0 Å². The Morgan fingerprint density at radius 1 is 1.12 bits per heavy atom. The summed E-state index contributed by atoms with van der Waals surface area (Å²) in [6.07, 6.45) is 6.99. The molecule has 7 nitrogen and oxygen atoms in total. The van der Waals surface area contributed by atoms with Gasteiger partial charge in [-0.25, -0.2) is 4.98 Å². The first kappa shape index (κ1) is 22.4. The molecule has 1 aliphatic carbocycles. The van der Waals surface area contributed by atoms with Gasteiger partial charge < -0.3 is 14.2 Å². The normalized spacial score (nSPS) is 23.9. The maximum atomic E-state index is 13.8. The highest BCUT2D eigenvalue weighted by Crippen LogP contribution is 2.48. The van der Waals surface area contributed by atoms with E-state index in [1.807, 2.05) is 24.3 Å². The van der Waals surface area contributed by atoms with E-state index in [1.54, 1.807) is 30.3 Å². The van der Waals surface area contributed by atoms with Crippen molar-refractivity contribution in [3.05, 3.63) is 59.5 Å². The van der Waals surface area contributed by atoms with Crippen molar-refractivity contribution in [3.8, 4) is 11.5 Å². The Labute approximate surface area is 199 Å². The molecule has 178 valence electrons. The molecule has 1 saturated carbocycles. The lowest BCUT2D eigenvalue weighted by atomic mass is 9.77. The zero-order valence-corrected chi connectivity index (χ0v) is 19.7. The lowest BCUT2D eigenvalue weighted by Crippen LogP contribution is -2.39. The molecule has 0 bridgehead atoms. The molecule has 1 aromatic carbocycles. The van der Waals surface area contributed by atoms with E-state index in [1.165, 1.54) is 0 Å². The summed E-state index contributed by atoms with van der Waals surface area (Å²) in [7, 11) is 1.59. The molecule has 7 heteroatoms. The third-order valence-corrected chi connectivity index (χ3v) is 6.92. The molecular weight excluding hydrogens is 432 g/mol. The number of fused-ring (bicyclic) bond motifs is 1. The van der Waals surface area contributed by atoms with Crippen LogP contribution in [0.1, 0.15) is 57.1 Å². The zero-order valence-electron chi connectivity index (χ0n) is 19.7. The standard InChI is InChI=1S/C27H30N2O5/c1-3-4-15-33-20-13-12-17(16-21(20)32-2)24-23-25(30)18-9-5-6-10-19(18)34-26(23)27(31)29(24)22-11-7-8-14-28-22/h7-8,11-14,16,18-19,24H,3-6,9-10,15H2,1-2H3. The van der Waals surface area contributed by atoms with Gasteiger partial charge in [-0.05, 0) is 55.5 Å². The van der Waals surface area contributed by atoms with Gasteiger partial charge in [0, 0.05) is 6.20 Å². The molecule has 1 aromatic heterocycles. The van der Waals surface area contributed by atoms with Crippen LogP contribution in [0, 0.1) is 5.92 Å². The van der Waals surface area contributed by atoms with Crippen molar-refractivity contribution in [1.29, 1.82) is 0 Å². The second kappa shape index (κ2) is 9.49. The van der Waals surface area contributed by atoms with Crippen LogP contribution in [0.15, 0.2) is 53.9 Å². The number of anilines is 1. The van der Waals surface area contributed by atoms with E-state index in [4.69, 9.17) is 14.2 Å². The number of pyridine rings is 1. The molecule has 2 aromatic rings. The van der Waals surface area contributed by atoms with Gasteiger partial charge in [0.2, 0.25) is 0 Å². The predicted molar refractivity (Wildman–Crippen MR) is 127 cm³/mol. The average molecular weight is 463 g/mol. The first-order valence-electron chi connectivity index (χ1n) is 12.1. The highest BCUT2D eigenvalue weighted by Gasteiger charge is 2.52. The van der Waals surface area contributed by atoms with Crippen LogP contribution in [-0.4, -0.2) is 36.5 Å². The van der Waals surface area contributed by atoms with Gasteiger partial charge in [-0.1, -0.05) is 31.9 Å². The van der Waals surface area contributed by atoms with Crippen LogP contribution in [0.2, 0.25) is 0 Å². The van der Waals surface area contributed by atoms with Crippen LogP contribution in [0.25, 0.3) is 0 Å². The first-order valence-corrected chi connectivity index (χ1v) is 12.1. The third kappa shape index (κ3) is 3.83. The van der Waals surface area contributed by atoms with Crippen LogP contribution >= 0.6 is 0 Å². The molecular formula is C27H30N2O5. The highest BCUT2D eigenvalue weighted by atomic mass is 16.5. The first-order chi connectivity index (χ1) is 16.6. The number of unbranched alkanes of at least 4 members (excludes halogenated alkanes) is 1. The number of Topliss-reactive ketones (excluding diaryl/α,β-unsaturated/α-hetero) is 1. The molecule has 0 N–H and O–H groups in total. The number of ketones is 1. The van der Waals surface area contributed by atoms with Crippen molar-refractivity contribution in [1.82, 2.24) is 4.98 Å². The monoisotopic (exact) mass is 462 g/mol. The van der Waals surface area contributed by atoms with Crippen LogP contribution in [0.4, 0.5) is 5.82 Å². The Morgan fingerprint density at radius 3 is 2.74 bits per heavy atom. The average Bonchev–Trinajstić information content (AvgIpc) is 3.17. The minimum absolute atomic E-state index is 0.0185. The largest absolute Gasteiger partial charge is 0.493 e. The number of carbonyl (C=O) groups is 2. The summed E-state index contributed by atoms with van der Waals surface area (Å²) in [6.45, 7) is 2.71. The van der Waals surface area contributed by atoms with Gasteiger partial charge in [0.15, 0.2) is 23.0 Å². The fourth-order valence-electron chi connectivity index (χ4n) is 5.19. The van der Waals surface area contributed by atoms with E-state index in [2.05, 4.69) is 11.9 Å². The van der Waals surface area contributed by atoms with Gasteiger partial charge >= 0.3 is 0 Å². The van der Waals surface area contributed by atoms with E-state index < -0.39 is 6.04 Å². The molecule has 0 saturated heterocycles. The van der Waals surface area contributed by atoms with Crippen LogP contribution in [-0.2, 0) is 14.3 Å². The molecule has 34 heavy (non-hydrogen) atoms. The smallest absolute Gasteiger partial charge is 0.295 e. The summed E-state index contributed by atoms with van der Waals surface area (Å²) in [4.78, 5) is 33.4. The molecule has 3 heterocycles. The topological polar surface area (TPSA) is 78.0 Å². The molecule has 0 spiro atoms. The summed E-state index contributed by atoms with van der Waals surface area (Å²) in [5, 5.41) is 0. The molecule has 0 radical (unpaired) electrons. The molecule has 3 atom stereocenters. The minimum Gasteiger partial charge on any atom is -0.493 e. The predicted octanol–water partition coefficient (Wildman–Crippen LogP) is 4.77. The van der Waals surface area contributed by atoms with Crippen molar-refractivity contribution in [2.75, 3.05) is 18.6 Å². The number of benzene rings is 1. The molecule has 3 aliphatic rings. The molecule has 5 rings (SSSR count). The van der Waals surface area contributed by atoms with E-state index in [0.717, 1.165) is 44.1 Å². The second-order valence-corrected chi connectivity index (χ2v) is 9.03. The Bertz CT molecular complexity index is 1110. The fourth-order valence-corrected chi connectivity index (χ4v) is 5.19. The lowest BCUT2D eigenvalue weighted by molar-refractivity contribution is -0.131. The number of ether oxygens (including phenoxy) is 3. The quantitative estimate of drug-likeness (QED) is 0.552. The SMILES string of the molecule is CCCCOc1ccc(C2C3=C(OC4CCCCC4C3=O)C(=O)N2c2ccccn2)cc1OC. The summed E-state index contributed by atoms with van der Waals surface area (Å²) >= 11 is 0. The lowest BCUT2D eigenvalue weighted by Gasteiger charge is -2.35. The summed E-state index contributed by atoms with van der Waals surface area (Å²) in [5.74, 6) is 1.35. The molecule has 1 amide bonds. The van der Waals surface area contributed by atoms with Crippen molar-refractivity contribution in [3.63, 3.8) is 0 Å². The van der Waals surface area contributed by atoms with Crippen LogP contribution in [0.5, 0.6) is 11.5 Å². The van der Waals surface area contributed by atoms with Gasteiger partial charge in [0.25, 0.3) is 5.91 Å². The van der Waals surface area contributed by atoms with Crippen LogP contribution in [0.3, 0.4) is 0 Å². The Morgan fingerprint density at radius 2 is 1.97 bits per heavy atom. The van der Waals surface area contributed by atoms with Crippen molar-refractivity contribution < 1.29 is 23.8 Å². The summed E-state index contributed by atoms with van der Waals surface area (Å²) < 4.78 is 17.7. The van der Waals surface area contributed by atoms with Gasteiger partial charge in [-0.3, -0.25) is 14.5 Å². The number of carbonyl (C=O) groups excluding carboxylic acids is 2. The van der Waals surface area contributed by atoms with E-state index in [0.29, 0.717) is 29.5 Å². The van der Waals surface area contributed by atoms with Crippen molar-refractivity contribution in [2.45, 2.75) is 57.6 Å². The maximum Gasteiger partial charge on any atom is 0.295 e. The second-order valence-electron chi connectivity index (χ2n) is 9.03. The summed E-state index contributed by atoms with van der Waals surface area (Å²) in [6, 6.07) is 10.4. The number of methoxy groups -OCH3 is 1. The van der Waals surface area contributed by atoms with E-state index >= 15 is 0 Å². The molecule has 2 aliphatic heterocycles. The Hall–Kier alpha value is -3.35. The van der Waals surface area contributed by atoms with Crippen molar-refractivity contribution >= 4 is 17.5 Å². The number of aromatic nitrogens is 1. The zero-order chi connectivity index (χ0) is 23.7. The number of hydrogen-bond acceptors (Lipinski definition) is 6. The maximum absolute atomic E-state index is 13.8. The number of nitrogens with zero attached hydrogens (tertiary/aromatic N) is 2. The van der Waals surface area contributed by atoms with Gasteiger partial charge in [0.1, 0.15) is 11.9 Å². The fraction of sp³-hybridized carbons (Fsp3) is 0.444. The molecule has 1 fully saturated rings. The Kier molecular flexibility index (Phi) is 6.26. The Balaban J connectivity index is 1.59. The number of hydrogen-bond donors (Lipinski definition) is 0. The minimum atomic E-state index is -0.633. The van der Waals surface area contributed by atoms with Crippen molar-refractivity contribution in [2.24, 2.45) is 5.92 Å². The number of rotatable bonds is 7. The molecule has 3 unspecified atom stereocenters. The van der Waals surface area contributed by atoms with Crippen LogP contribution < -0.4 is 14.4 Å². The van der Waals surface area contributed by atoms with E-state index in [9.17, 15) is 9.59 Å². The van der Waals surface area contributed by atoms with Gasteiger partial charge in [0.05, 0.1) is 31.2 Å². The third-order valence-electron chi connectivity index (χ3n) is 6.92. The summed E-state index contributed by atoms with van der Waals surface area (Å²) in [5.41, 5.74) is 1.19. The van der Waals surface area contributed by atoms with Gasteiger partial charge in [-0.15, -0.1) is 0 Å².